The van der Waals surface area contributed by atoms with Gasteiger partial charge in [-0.1, -0.05) is 22.8 Å². The average molecular weight is 146 g/mol. The van der Waals surface area contributed by atoms with E-state index >= 15 is 0 Å². The summed E-state index contributed by atoms with van der Waals surface area (Å²) in [6, 6.07) is 0. The molecular formula is C11H14. The smallest absolute Gasteiger partial charge is 0.00611 e. The lowest BCUT2D eigenvalue weighted by molar-refractivity contribution is 1.10. The summed E-state index contributed by atoms with van der Waals surface area (Å²) in [7, 11) is 0. The summed E-state index contributed by atoms with van der Waals surface area (Å²) in [5.41, 5.74) is 7.83. The van der Waals surface area contributed by atoms with Crippen molar-refractivity contribution in [3.63, 3.8) is 0 Å². The number of rotatable bonds is 0. The minimum atomic E-state index is 1.21. The first-order valence-corrected chi connectivity index (χ1v) is 4.24. The topological polar surface area (TPSA) is 0 Å². The van der Waals surface area contributed by atoms with E-state index in [2.05, 4.69) is 26.8 Å². The van der Waals surface area contributed by atoms with E-state index in [9.17, 15) is 0 Å². The van der Waals surface area contributed by atoms with Crippen molar-refractivity contribution < 1.29 is 0 Å². The second-order valence-electron chi connectivity index (χ2n) is 3.80. The molecule has 2 aliphatic carbocycles. The van der Waals surface area contributed by atoms with Crippen LogP contribution in [0.15, 0.2) is 33.9 Å². The fraction of sp³-hybridized carbons (Fsp3) is 0.455. The summed E-state index contributed by atoms with van der Waals surface area (Å²) in [5.74, 6) is 0. The molecule has 0 aromatic heterocycles. The third-order valence-electron chi connectivity index (χ3n) is 2.68. The number of allylic oxidation sites excluding steroid dienone is 6. The molecule has 0 fully saturated rings. The Balaban J connectivity index is 2.50. The van der Waals surface area contributed by atoms with Gasteiger partial charge in [-0.3, -0.25) is 0 Å². The first kappa shape index (κ1) is 6.90. The molecule has 0 heterocycles. The van der Waals surface area contributed by atoms with E-state index in [4.69, 9.17) is 0 Å². The maximum Gasteiger partial charge on any atom is -0.00611 e. The molecule has 58 valence electrons. The number of hydrogen-bond acceptors (Lipinski definition) is 0. The predicted octanol–water partition coefficient (Wildman–Crippen LogP) is 3.37. The van der Waals surface area contributed by atoms with Crippen LogP contribution < -0.4 is 0 Å². The Hall–Kier alpha value is -0.780. The molecule has 0 radical (unpaired) electrons. The van der Waals surface area contributed by atoms with Crippen LogP contribution in [0.4, 0.5) is 0 Å². The molecule has 0 unspecified atom stereocenters. The van der Waals surface area contributed by atoms with E-state index < -0.39 is 0 Å². The summed E-state index contributed by atoms with van der Waals surface area (Å²) < 4.78 is 0. The molecule has 0 aromatic carbocycles. The lowest BCUT2D eigenvalue weighted by Gasteiger charge is -1.96. The first-order valence-electron chi connectivity index (χ1n) is 4.24. The molecule has 11 heavy (non-hydrogen) atoms. The Labute approximate surface area is 68.3 Å². The zero-order valence-electron chi connectivity index (χ0n) is 7.49. The van der Waals surface area contributed by atoms with Crippen LogP contribution in [0.25, 0.3) is 0 Å². The molecule has 0 N–H and O–H groups in total. The van der Waals surface area contributed by atoms with Crippen LogP contribution in [0.5, 0.6) is 0 Å². The first-order chi connectivity index (χ1) is 5.18. The molecule has 0 nitrogen and oxygen atoms in total. The van der Waals surface area contributed by atoms with Crippen molar-refractivity contribution in [3.8, 4) is 0 Å². The molecule has 0 bridgehead atoms. The molecule has 0 aliphatic heterocycles. The van der Waals surface area contributed by atoms with Gasteiger partial charge in [0.15, 0.2) is 0 Å². The van der Waals surface area contributed by atoms with Crippen LogP contribution in [0.2, 0.25) is 0 Å². The molecule has 0 spiro atoms. The standard InChI is InChI=1S/C11H14/c1-7-4-10-8(2)6-9(3)11(10)5-7/h4H,5-6H2,1-3H3. The Morgan fingerprint density at radius 3 is 2.36 bits per heavy atom. The predicted molar refractivity (Wildman–Crippen MR) is 48.4 cm³/mol. The van der Waals surface area contributed by atoms with Crippen molar-refractivity contribution in [2.45, 2.75) is 33.6 Å². The van der Waals surface area contributed by atoms with Gasteiger partial charge in [0.1, 0.15) is 0 Å². The van der Waals surface area contributed by atoms with Gasteiger partial charge in [-0.15, -0.1) is 0 Å². The van der Waals surface area contributed by atoms with Gasteiger partial charge < -0.3 is 0 Å². The largest absolute Gasteiger partial charge is 0.0683 e. The second kappa shape index (κ2) is 2.10. The van der Waals surface area contributed by atoms with E-state index in [0.29, 0.717) is 0 Å². The highest BCUT2D eigenvalue weighted by atomic mass is 14.3. The van der Waals surface area contributed by atoms with Gasteiger partial charge in [0, 0.05) is 0 Å². The maximum atomic E-state index is 2.35. The van der Waals surface area contributed by atoms with Crippen molar-refractivity contribution in [1.29, 1.82) is 0 Å². The summed E-state index contributed by atoms with van der Waals surface area (Å²) in [6.07, 6.45) is 4.77. The van der Waals surface area contributed by atoms with E-state index in [1.165, 1.54) is 18.4 Å². The molecule has 0 heteroatoms. The Kier molecular flexibility index (Phi) is 1.32. The highest BCUT2D eigenvalue weighted by Gasteiger charge is 2.21. The van der Waals surface area contributed by atoms with Gasteiger partial charge >= 0.3 is 0 Å². The van der Waals surface area contributed by atoms with Crippen molar-refractivity contribution in [2.75, 3.05) is 0 Å². The van der Waals surface area contributed by atoms with Gasteiger partial charge in [-0.25, -0.2) is 0 Å². The molecule has 2 aliphatic rings. The molecule has 0 atom stereocenters. The van der Waals surface area contributed by atoms with E-state index in [-0.39, 0.29) is 0 Å². The van der Waals surface area contributed by atoms with Crippen LogP contribution in [0.3, 0.4) is 0 Å². The summed E-state index contributed by atoms with van der Waals surface area (Å²) >= 11 is 0. The van der Waals surface area contributed by atoms with Gasteiger partial charge in [0.2, 0.25) is 0 Å². The van der Waals surface area contributed by atoms with Crippen molar-refractivity contribution in [2.24, 2.45) is 0 Å². The number of fused-ring (bicyclic) bond motifs is 1. The minimum absolute atomic E-state index is 1.21. The fourth-order valence-corrected chi connectivity index (χ4v) is 2.12. The van der Waals surface area contributed by atoms with Crippen LogP contribution in [0.1, 0.15) is 33.6 Å². The van der Waals surface area contributed by atoms with E-state index in [1.807, 2.05) is 0 Å². The third-order valence-corrected chi connectivity index (χ3v) is 2.68. The highest BCUT2D eigenvalue weighted by Crippen LogP contribution is 2.41. The highest BCUT2D eigenvalue weighted by molar-refractivity contribution is 5.58. The SMILES string of the molecule is CC1=CC2=C(C)CC(C)=C2C1. The molecule has 0 saturated heterocycles. The summed E-state index contributed by atoms with van der Waals surface area (Å²) in [4.78, 5) is 0. The van der Waals surface area contributed by atoms with Crippen molar-refractivity contribution in [3.05, 3.63) is 33.9 Å². The van der Waals surface area contributed by atoms with Crippen LogP contribution in [0, 0.1) is 0 Å². The normalized spacial score (nSPS) is 23.0. The summed E-state index contributed by atoms with van der Waals surface area (Å²) in [5, 5.41) is 0. The molecule has 0 amide bonds. The van der Waals surface area contributed by atoms with Crippen LogP contribution >= 0.6 is 0 Å². The zero-order valence-corrected chi connectivity index (χ0v) is 7.49. The monoisotopic (exact) mass is 146 g/mol. The van der Waals surface area contributed by atoms with E-state index in [0.717, 1.165) is 0 Å². The number of hydrogen-bond donors (Lipinski definition) is 0. The quantitative estimate of drug-likeness (QED) is 0.491. The van der Waals surface area contributed by atoms with Crippen molar-refractivity contribution in [1.82, 2.24) is 0 Å². The molecule has 2 rings (SSSR count). The summed E-state index contributed by atoms with van der Waals surface area (Å²) in [6.45, 7) is 6.73. The zero-order chi connectivity index (χ0) is 8.01. The Morgan fingerprint density at radius 1 is 1.00 bits per heavy atom. The van der Waals surface area contributed by atoms with E-state index in [1.54, 1.807) is 22.3 Å². The molecule has 0 saturated carbocycles. The van der Waals surface area contributed by atoms with Crippen LogP contribution in [-0.2, 0) is 0 Å². The average Bonchev–Trinajstić information content (AvgIpc) is 2.38. The molecule has 0 aromatic rings. The van der Waals surface area contributed by atoms with Gasteiger partial charge in [0.25, 0.3) is 0 Å². The lowest BCUT2D eigenvalue weighted by atomic mass is 10.1. The third kappa shape index (κ3) is 0.891. The molecular weight excluding hydrogens is 132 g/mol. The fourth-order valence-electron chi connectivity index (χ4n) is 2.12. The maximum absolute atomic E-state index is 2.35. The van der Waals surface area contributed by atoms with Crippen molar-refractivity contribution >= 4 is 0 Å². The van der Waals surface area contributed by atoms with Gasteiger partial charge in [-0.2, -0.15) is 0 Å². The van der Waals surface area contributed by atoms with Gasteiger partial charge in [0.05, 0.1) is 0 Å². The van der Waals surface area contributed by atoms with Crippen LogP contribution in [-0.4, -0.2) is 0 Å². The lowest BCUT2D eigenvalue weighted by Crippen LogP contribution is -1.77. The Bertz CT molecular complexity index is 298. The Morgan fingerprint density at radius 2 is 1.73 bits per heavy atom. The second-order valence-corrected chi connectivity index (χ2v) is 3.80. The van der Waals surface area contributed by atoms with Gasteiger partial charge in [-0.05, 0) is 44.8 Å². The minimum Gasteiger partial charge on any atom is -0.0683 e.